The number of carbonyl (C=O) groups is 1. The quantitative estimate of drug-likeness (QED) is 0.800. The predicted molar refractivity (Wildman–Crippen MR) is 94.0 cm³/mol. The summed E-state index contributed by atoms with van der Waals surface area (Å²) in [5.74, 6) is 0.0316. The molecular weight excluding hydrogens is 357 g/mol. The maximum Gasteiger partial charge on any atom is 0.416 e. The summed E-state index contributed by atoms with van der Waals surface area (Å²) in [6.45, 7) is 1.30. The summed E-state index contributed by atoms with van der Waals surface area (Å²) in [6.07, 6.45) is 0.0969. The van der Waals surface area contributed by atoms with E-state index in [2.05, 4.69) is 4.98 Å². The molecule has 27 heavy (non-hydrogen) atoms. The smallest absolute Gasteiger partial charge is 0.374 e. The number of aryl methyl sites for hydroxylation is 1. The molecule has 1 aromatic carbocycles. The van der Waals surface area contributed by atoms with Crippen LogP contribution in [0.25, 0.3) is 0 Å². The lowest BCUT2D eigenvalue weighted by atomic mass is 10.0. The number of nitrogens with zero attached hydrogens (tertiary/aromatic N) is 2. The Balaban J connectivity index is 1.55. The first-order chi connectivity index (χ1) is 12.9. The van der Waals surface area contributed by atoms with E-state index < -0.39 is 11.7 Å². The van der Waals surface area contributed by atoms with E-state index in [9.17, 15) is 18.0 Å². The number of morpholine rings is 1. The maximum atomic E-state index is 12.9. The number of amides is 1. The van der Waals surface area contributed by atoms with Crippen LogP contribution in [0.1, 0.15) is 23.1 Å². The van der Waals surface area contributed by atoms with Crippen LogP contribution in [-0.4, -0.2) is 41.6 Å². The summed E-state index contributed by atoms with van der Waals surface area (Å²) < 4.78 is 44.2. The number of aromatic nitrogens is 1. The Morgan fingerprint density at radius 2 is 1.96 bits per heavy atom. The van der Waals surface area contributed by atoms with Crippen LogP contribution in [0.4, 0.5) is 13.2 Å². The number of rotatable bonds is 5. The molecule has 0 radical (unpaired) electrons. The summed E-state index contributed by atoms with van der Waals surface area (Å²) in [5.41, 5.74) is 0.939. The molecule has 0 aliphatic carbocycles. The Labute approximate surface area is 156 Å². The zero-order chi connectivity index (χ0) is 19.3. The van der Waals surface area contributed by atoms with Crippen LogP contribution in [-0.2, 0) is 28.5 Å². The summed E-state index contributed by atoms with van der Waals surface area (Å²) in [4.78, 5) is 18.2. The van der Waals surface area contributed by atoms with Crippen LogP contribution in [0.15, 0.2) is 48.8 Å². The van der Waals surface area contributed by atoms with Crippen molar-refractivity contribution in [1.82, 2.24) is 9.88 Å². The first kappa shape index (κ1) is 19.4. The van der Waals surface area contributed by atoms with Crippen molar-refractivity contribution in [1.29, 1.82) is 0 Å². The Bertz CT molecular complexity index is 765. The average Bonchev–Trinajstić information content (AvgIpc) is 2.67. The zero-order valence-electron chi connectivity index (χ0n) is 14.8. The number of halogens is 3. The van der Waals surface area contributed by atoms with Crippen molar-refractivity contribution in [2.45, 2.75) is 31.5 Å². The number of carbonyl (C=O) groups excluding carboxylic acids is 1. The van der Waals surface area contributed by atoms with Crippen molar-refractivity contribution in [2.75, 3.05) is 19.7 Å². The van der Waals surface area contributed by atoms with Gasteiger partial charge in [0.15, 0.2) is 0 Å². The normalized spacial score (nSPS) is 17.7. The molecule has 2 heterocycles. The van der Waals surface area contributed by atoms with Gasteiger partial charge in [0.25, 0.3) is 0 Å². The molecule has 1 amide bonds. The molecule has 2 aromatic rings. The molecule has 0 spiro atoms. The minimum atomic E-state index is -4.36. The number of benzene rings is 1. The van der Waals surface area contributed by atoms with Crippen molar-refractivity contribution in [3.63, 3.8) is 0 Å². The van der Waals surface area contributed by atoms with E-state index in [1.54, 1.807) is 23.4 Å². The molecule has 0 bridgehead atoms. The number of alkyl halides is 3. The fourth-order valence-corrected chi connectivity index (χ4v) is 3.17. The molecule has 1 atom stereocenters. The highest BCUT2D eigenvalue weighted by Crippen LogP contribution is 2.30. The number of pyridine rings is 1. The van der Waals surface area contributed by atoms with Crippen molar-refractivity contribution < 1.29 is 22.7 Å². The third kappa shape index (κ3) is 5.53. The van der Waals surface area contributed by atoms with Gasteiger partial charge in [-0.25, -0.2) is 0 Å². The van der Waals surface area contributed by atoms with E-state index in [0.29, 0.717) is 44.5 Å². The fraction of sp³-hybridized carbons (Fsp3) is 0.400. The molecular formula is C20H21F3N2O2. The van der Waals surface area contributed by atoms with Crippen LogP contribution >= 0.6 is 0 Å². The van der Waals surface area contributed by atoms with Gasteiger partial charge in [0.05, 0.1) is 18.3 Å². The molecule has 0 N–H and O–H groups in total. The molecule has 1 aliphatic rings. The van der Waals surface area contributed by atoms with E-state index >= 15 is 0 Å². The van der Waals surface area contributed by atoms with Crippen LogP contribution < -0.4 is 0 Å². The van der Waals surface area contributed by atoms with Gasteiger partial charge in [-0.1, -0.05) is 18.2 Å². The van der Waals surface area contributed by atoms with E-state index in [4.69, 9.17) is 4.74 Å². The highest BCUT2D eigenvalue weighted by atomic mass is 19.4. The molecule has 1 saturated heterocycles. The van der Waals surface area contributed by atoms with E-state index in [-0.39, 0.29) is 12.0 Å². The first-order valence-corrected chi connectivity index (χ1v) is 8.86. The standard InChI is InChI=1S/C20H21F3N2O2/c21-20(22,23)17-3-1-2-16(12-17)13-18-14-25(10-11-27-18)19(26)5-4-15-6-8-24-9-7-15/h1-3,6-9,12,18H,4-5,10-11,13-14H2/t18-/m0/s1. The van der Waals surface area contributed by atoms with Gasteiger partial charge in [-0.3, -0.25) is 9.78 Å². The van der Waals surface area contributed by atoms with E-state index in [0.717, 1.165) is 17.7 Å². The van der Waals surface area contributed by atoms with Gasteiger partial charge in [0, 0.05) is 38.3 Å². The van der Waals surface area contributed by atoms with Crippen LogP contribution in [0, 0.1) is 0 Å². The fourth-order valence-electron chi connectivity index (χ4n) is 3.17. The summed E-state index contributed by atoms with van der Waals surface area (Å²) >= 11 is 0. The SMILES string of the molecule is O=C(CCc1ccncc1)N1CCO[C@@H](Cc2cccc(C(F)(F)F)c2)C1. The summed E-state index contributed by atoms with van der Waals surface area (Å²) in [6, 6.07) is 9.02. The highest BCUT2D eigenvalue weighted by Gasteiger charge is 2.31. The second-order valence-electron chi connectivity index (χ2n) is 6.59. The molecule has 4 nitrogen and oxygen atoms in total. The Morgan fingerprint density at radius 1 is 1.19 bits per heavy atom. The number of hydrogen-bond acceptors (Lipinski definition) is 3. The third-order valence-electron chi connectivity index (χ3n) is 4.59. The molecule has 1 fully saturated rings. The lowest BCUT2D eigenvalue weighted by Gasteiger charge is -2.33. The van der Waals surface area contributed by atoms with Crippen molar-refractivity contribution in [2.24, 2.45) is 0 Å². The Hall–Kier alpha value is -2.41. The van der Waals surface area contributed by atoms with Gasteiger partial charge in [0.2, 0.25) is 5.91 Å². The van der Waals surface area contributed by atoms with E-state index in [1.165, 1.54) is 6.07 Å². The van der Waals surface area contributed by atoms with Crippen LogP contribution in [0.5, 0.6) is 0 Å². The molecule has 7 heteroatoms. The largest absolute Gasteiger partial charge is 0.416 e. The van der Waals surface area contributed by atoms with E-state index in [1.807, 2.05) is 12.1 Å². The van der Waals surface area contributed by atoms with Gasteiger partial charge >= 0.3 is 6.18 Å². The van der Waals surface area contributed by atoms with Crippen molar-refractivity contribution in [3.8, 4) is 0 Å². The lowest BCUT2D eigenvalue weighted by Crippen LogP contribution is -2.46. The third-order valence-corrected chi connectivity index (χ3v) is 4.59. The number of hydrogen-bond donors (Lipinski definition) is 0. The van der Waals surface area contributed by atoms with Gasteiger partial charge in [-0.05, 0) is 35.7 Å². The second kappa shape index (κ2) is 8.52. The molecule has 144 valence electrons. The highest BCUT2D eigenvalue weighted by molar-refractivity contribution is 5.76. The molecule has 1 aliphatic heterocycles. The zero-order valence-corrected chi connectivity index (χ0v) is 14.8. The monoisotopic (exact) mass is 378 g/mol. The molecule has 1 aromatic heterocycles. The first-order valence-electron chi connectivity index (χ1n) is 8.86. The molecule has 3 rings (SSSR count). The molecule has 0 unspecified atom stereocenters. The van der Waals surface area contributed by atoms with Crippen molar-refractivity contribution in [3.05, 3.63) is 65.5 Å². The van der Waals surface area contributed by atoms with Gasteiger partial charge in [-0.2, -0.15) is 13.2 Å². The van der Waals surface area contributed by atoms with Gasteiger partial charge in [-0.15, -0.1) is 0 Å². The van der Waals surface area contributed by atoms with Crippen LogP contribution in [0.3, 0.4) is 0 Å². The average molecular weight is 378 g/mol. The summed E-state index contributed by atoms with van der Waals surface area (Å²) in [7, 11) is 0. The predicted octanol–water partition coefficient (Wildman–Crippen LogP) is 3.50. The minimum absolute atomic E-state index is 0.0316. The van der Waals surface area contributed by atoms with Gasteiger partial charge < -0.3 is 9.64 Å². The maximum absolute atomic E-state index is 12.9. The number of ether oxygens (including phenoxy) is 1. The van der Waals surface area contributed by atoms with Crippen molar-refractivity contribution >= 4 is 5.91 Å². The minimum Gasteiger partial charge on any atom is -0.374 e. The summed E-state index contributed by atoms with van der Waals surface area (Å²) in [5, 5.41) is 0. The Morgan fingerprint density at radius 3 is 2.70 bits per heavy atom. The second-order valence-corrected chi connectivity index (χ2v) is 6.59. The van der Waals surface area contributed by atoms with Crippen LogP contribution in [0.2, 0.25) is 0 Å². The van der Waals surface area contributed by atoms with Gasteiger partial charge in [0.1, 0.15) is 0 Å². The molecule has 0 saturated carbocycles. The Kier molecular flexibility index (Phi) is 6.11. The lowest BCUT2D eigenvalue weighted by molar-refractivity contribution is -0.138. The topological polar surface area (TPSA) is 42.4 Å².